The van der Waals surface area contributed by atoms with Crippen LogP contribution in [0.4, 0.5) is 0 Å². The first kappa shape index (κ1) is 69.1. The molecule has 6 heteroatoms. The van der Waals surface area contributed by atoms with Crippen LogP contribution in [-0.4, -0.2) is 37.2 Å². The summed E-state index contributed by atoms with van der Waals surface area (Å²) >= 11 is 0. The molecule has 6 nitrogen and oxygen atoms in total. The molecular weight excluding hydrogens is 889 g/mol. The van der Waals surface area contributed by atoms with Gasteiger partial charge in [0.2, 0.25) is 0 Å². The Morgan fingerprint density at radius 2 is 0.542 bits per heavy atom. The molecule has 0 bridgehead atoms. The summed E-state index contributed by atoms with van der Waals surface area (Å²) in [5.41, 5.74) is 0. The maximum absolute atomic E-state index is 12.8. The maximum Gasteiger partial charge on any atom is 0.306 e. The van der Waals surface area contributed by atoms with Crippen molar-refractivity contribution < 1.29 is 28.6 Å². The van der Waals surface area contributed by atoms with Gasteiger partial charge in [-0.1, -0.05) is 281 Å². The van der Waals surface area contributed by atoms with Crippen LogP contribution in [0.15, 0.2) is 60.8 Å². The lowest BCUT2D eigenvalue weighted by molar-refractivity contribution is -0.167. The molecule has 0 aliphatic heterocycles. The van der Waals surface area contributed by atoms with Crippen molar-refractivity contribution in [3.63, 3.8) is 0 Å². The topological polar surface area (TPSA) is 78.9 Å². The van der Waals surface area contributed by atoms with Gasteiger partial charge in [0, 0.05) is 19.3 Å². The quantitative estimate of drug-likeness (QED) is 0.0261. The predicted molar refractivity (Wildman–Crippen MR) is 312 cm³/mol. The van der Waals surface area contributed by atoms with Crippen molar-refractivity contribution in [2.24, 2.45) is 0 Å². The molecule has 0 fully saturated rings. The summed E-state index contributed by atoms with van der Waals surface area (Å²) in [5.74, 6) is -0.929. The van der Waals surface area contributed by atoms with Gasteiger partial charge >= 0.3 is 17.9 Å². The van der Waals surface area contributed by atoms with E-state index >= 15 is 0 Å². The van der Waals surface area contributed by atoms with Crippen LogP contribution in [0.3, 0.4) is 0 Å². The molecule has 0 N–H and O–H groups in total. The molecule has 1 unspecified atom stereocenters. The first-order valence-corrected chi connectivity index (χ1v) is 31.3. The smallest absolute Gasteiger partial charge is 0.306 e. The van der Waals surface area contributed by atoms with Crippen molar-refractivity contribution >= 4 is 17.9 Å². The Kier molecular flexibility index (Phi) is 58.2. The van der Waals surface area contributed by atoms with E-state index in [1.165, 1.54) is 199 Å². The monoisotopic (exact) mass is 1010 g/mol. The number of unbranched alkanes of at least 4 members (excludes halogenated alkanes) is 36. The Morgan fingerprint density at radius 3 is 0.889 bits per heavy atom. The number of allylic oxidation sites excluding steroid dienone is 10. The van der Waals surface area contributed by atoms with Crippen LogP contribution in [-0.2, 0) is 28.6 Å². The van der Waals surface area contributed by atoms with Crippen LogP contribution >= 0.6 is 0 Å². The zero-order chi connectivity index (χ0) is 52.2. The molecule has 418 valence electrons. The highest BCUT2D eigenvalue weighted by Crippen LogP contribution is 2.17. The second-order valence-electron chi connectivity index (χ2n) is 20.9. The average molecular weight is 1010 g/mol. The fourth-order valence-corrected chi connectivity index (χ4v) is 9.08. The van der Waals surface area contributed by atoms with E-state index < -0.39 is 6.10 Å². The van der Waals surface area contributed by atoms with E-state index in [2.05, 4.69) is 81.5 Å². The summed E-state index contributed by atoms with van der Waals surface area (Å²) in [4.78, 5) is 37.8. The van der Waals surface area contributed by atoms with Crippen LogP contribution in [0, 0.1) is 0 Å². The molecule has 0 saturated heterocycles. The van der Waals surface area contributed by atoms with Crippen molar-refractivity contribution in [3.05, 3.63) is 60.8 Å². The van der Waals surface area contributed by atoms with Crippen LogP contribution in [0.2, 0.25) is 0 Å². The van der Waals surface area contributed by atoms with Crippen molar-refractivity contribution in [2.75, 3.05) is 13.2 Å². The summed E-state index contributed by atoms with van der Waals surface area (Å²) in [6, 6.07) is 0. The van der Waals surface area contributed by atoms with E-state index in [-0.39, 0.29) is 37.5 Å². The lowest BCUT2D eigenvalue weighted by Crippen LogP contribution is -2.30. The van der Waals surface area contributed by atoms with E-state index in [4.69, 9.17) is 14.2 Å². The summed E-state index contributed by atoms with van der Waals surface area (Å²) in [6.45, 7) is 6.46. The predicted octanol–water partition coefficient (Wildman–Crippen LogP) is 21.2. The van der Waals surface area contributed by atoms with E-state index in [1.807, 2.05) is 0 Å². The highest BCUT2D eigenvalue weighted by molar-refractivity contribution is 5.71. The Labute approximate surface area is 447 Å². The minimum atomic E-state index is -0.791. The van der Waals surface area contributed by atoms with Gasteiger partial charge in [-0.05, 0) is 83.5 Å². The molecule has 0 radical (unpaired) electrons. The first-order valence-electron chi connectivity index (χ1n) is 31.3. The zero-order valence-electron chi connectivity index (χ0n) is 47.9. The van der Waals surface area contributed by atoms with Gasteiger partial charge in [-0.25, -0.2) is 0 Å². The third kappa shape index (κ3) is 58.0. The van der Waals surface area contributed by atoms with Gasteiger partial charge in [0.25, 0.3) is 0 Å². The summed E-state index contributed by atoms with van der Waals surface area (Å²) < 4.78 is 16.7. The van der Waals surface area contributed by atoms with Crippen LogP contribution in [0.1, 0.15) is 323 Å². The molecule has 1 atom stereocenters. The minimum absolute atomic E-state index is 0.0882. The lowest BCUT2D eigenvalue weighted by atomic mass is 10.0. The number of esters is 3. The van der Waals surface area contributed by atoms with Crippen molar-refractivity contribution in [1.29, 1.82) is 0 Å². The van der Waals surface area contributed by atoms with Gasteiger partial charge in [0.05, 0.1) is 0 Å². The highest BCUT2D eigenvalue weighted by atomic mass is 16.6. The van der Waals surface area contributed by atoms with E-state index in [9.17, 15) is 14.4 Å². The second kappa shape index (κ2) is 60.7. The van der Waals surface area contributed by atoms with Crippen LogP contribution in [0.25, 0.3) is 0 Å². The Morgan fingerprint density at radius 1 is 0.292 bits per heavy atom. The molecule has 0 aromatic carbocycles. The van der Waals surface area contributed by atoms with Crippen molar-refractivity contribution in [3.8, 4) is 0 Å². The van der Waals surface area contributed by atoms with Crippen molar-refractivity contribution in [2.45, 2.75) is 329 Å². The fourth-order valence-electron chi connectivity index (χ4n) is 9.08. The normalized spacial score (nSPS) is 12.4. The Hall–Kier alpha value is -2.89. The van der Waals surface area contributed by atoms with Gasteiger partial charge in [-0.15, -0.1) is 0 Å². The Bertz CT molecular complexity index is 1290. The van der Waals surface area contributed by atoms with Gasteiger partial charge in [-0.2, -0.15) is 0 Å². The van der Waals surface area contributed by atoms with Crippen LogP contribution in [0.5, 0.6) is 0 Å². The summed E-state index contributed by atoms with van der Waals surface area (Å²) in [5, 5.41) is 0. The molecule has 72 heavy (non-hydrogen) atoms. The fraction of sp³-hybridized carbons (Fsp3) is 0.803. The van der Waals surface area contributed by atoms with E-state index in [1.54, 1.807) is 0 Å². The SMILES string of the molecule is CC/C=C\C/C=C\C/C=C\C/C=C\CCCCC(=O)OC(COC(=O)CCCCCCCC)COC(=O)CCCCCCCCCCCCCCCCCCCCCCC/C=C\CCCCCCCCCC. The largest absolute Gasteiger partial charge is 0.462 e. The zero-order valence-corrected chi connectivity index (χ0v) is 47.9. The molecular formula is C66H118O6. The summed E-state index contributed by atoms with van der Waals surface area (Å²) in [6.07, 6.45) is 77.2. The number of ether oxygens (including phenoxy) is 3. The van der Waals surface area contributed by atoms with Gasteiger partial charge < -0.3 is 14.2 Å². The number of hydrogen-bond acceptors (Lipinski definition) is 6. The summed E-state index contributed by atoms with van der Waals surface area (Å²) in [7, 11) is 0. The number of rotatable bonds is 57. The Balaban J connectivity index is 3.95. The molecule has 0 aliphatic carbocycles. The number of carbonyl (C=O) groups excluding carboxylic acids is 3. The minimum Gasteiger partial charge on any atom is -0.462 e. The molecule has 0 aliphatic rings. The molecule has 0 saturated carbocycles. The first-order chi connectivity index (χ1) is 35.5. The molecule has 0 heterocycles. The lowest BCUT2D eigenvalue weighted by Gasteiger charge is -2.18. The molecule has 0 spiro atoms. The highest BCUT2D eigenvalue weighted by Gasteiger charge is 2.19. The molecule has 0 amide bonds. The average Bonchev–Trinajstić information content (AvgIpc) is 3.38. The maximum atomic E-state index is 12.8. The van der Waals surface area contributed by atoms with Gasteiger partial charge in [0.15, 0.2) is 6.10 Å². The van der Waals surface area contributed by atoms with Gasteiger partial charge in [-0.3, -0.25) is 14.4 Å². The van der Waals surface area contributed by atoms with Gasteiger partial charge in [0.1, 0.15) is 13.2 Å². The van der Waals surface area contributed by atoms with E-state index in [0.29, 0.717) is 19.3 Å². The molecule has 0 aromatic rings. The third-order valence-electron chi connectivity index (χ3n) is 13.8. The number of hydrogen-bond donors (Lipinski definition) is 0. The number of carbonyl (C=O) groups is 3. The molecule has 0 aromatic heterocycles. The third-order valence-corrected chi connectivity index (χ3v) is 13.8. The second-order valence-corrected chi connectivity index (χ2v) is 20.9. The van der Waals surface area contributed by atoms with Crippen molar-refractivity contribution in [1.82, 2.24) is 0 Å². The standard InChI is InChI=1S/C66H118O6/c1-4-7-10-13-16-18-20-22-24-25-26-27-28-29-30-31-32-33-34-35-36-37-38-39-40-41-43-44-46-48-50-53-56-59-65(68)71-62-63(61-70-64(67)58-55-52-15-12-9-6-3)72-66(69)60-57-54-51-49-47-45-42-23-21-19-17-14-11-8-5-2/h8,11,17,19,23,25-26,42,47,49,63H,4-7,9-10,12-16,18,20-22,24,27-41,43-46,48,50-62H2,1-3H3/b11-8-,19-17-,26-25-,42-23-,49-47-. The van der Waals surface area contributed by atoms with Crippen LogP contribution < -0.4 is 0 Å². The van der Waals surface area contributed by atoms with E-state index in [0.717, 1.165) is 77.0 Å². The molecule has 0 rings (SSSR count).